The third-order valence-corrected chi connectivity index (χ3v) is 5.92. The summed E-state index contributed by atoms with van der Waals surface area (Å²) in [4.78, 5) is 25.2. The average molecular weight is 441 g/mol. The molecule has 0 aliphatic heterocycles. The Labute approximate surface area is 169 Å². The summed E-state index contributed by atoms with van der Waals surface area (Å²) in [5.41, 5.74) is 2.62. The summed E-state index contributed by atoms with van der Waals surface area (Å²) in [7, 11) is 0. The quantitative estimate of drug-likeness (QED) is 0.549. The van der Waals surface area contributed by atoms with Crippen molar-refractivity contribution < 1.29 is 9.59 Å². The first-order chi connectivity index (χ1) is 13.1. The lowest BCUT2D eigenvalue weighted by molar-refractivity contribution is -0.117. The second kappa shape index (κ2) is 7.66. The average Bonchev–Trinajstić information content (AvgIpc) is 3.28. The predicted octanol–water partition coefficient (Wildman–Crippen LogP) is 5.51. The van der Waals surface area contributed by atoms with Crippen LogP contribution in [0.1, 0.15) is 27.6 Å². The lowest BCUT2D eigenvalue weighted by Crippen LogP contribution is -2.15. The molecule has 1 heterocycles. The van der Waals surface area contributed by atoms with E-state index in [4.69, 9.17) is 0 Å². The number of benzene rings is 2. The fourth-order valence-corrected chi connectivity index (χ4v) is 4.10. The van der Waals surface area contributed by atoms with Gasteiger partial charge in [-0.2, -0.15) is 0 Å². The zero-order chi connectivity index (χ0) is 18.8. The largest absolute Gasteiger partial charge is 0.326 e. The van der Waals surface area contributed by atoms with E-state index < -0.39 is 0 Å². The Bertz CT molecular complexity index is 970. The van der Waals surface area contributed by atoms with Gasteiger partial charge in [0.25, 0.3) is 5.91 Å². The predicted molar refractivity (Wildman–Crippen MR) is 112 cm³/mol. The standard InChI is InChI=1S/C21H17BrN2O2S/c22-14-4-1-3-13(11-14)17-12-18(17)20(25)23-15-6-8-16(9-7-15)24-21(26)19-5-2-10-27-19/h1-11,17-18H,12H2,(H,23,25)(H,24,26). The second-order valence-corrected chi connectivity index (χ2v) is 8.37. The van der Waals surface area contributed by atoms with Crippen LogP contribution in [0.2, 0.25) is 0 Å². The van der Waals surface area contributed by atoms with Crippen LogP contribution < -0.4 is 10.6 Å². The van der Waals surface area contributed by atoms with Crippen molar-refractivity contribution >= 4 is 50.5 Å². The second-order valence-electron chi connectivity index (χ2n) is 6.50. The van der Waals surface area contributed by atoms with E-state index in [0.717, 1.165) is 16.6 Å². The third kappa shape index (κ3) is 4.28. The molecule has 1 saturated carbocycles. The van der Waals surface area contributed by atoms with Gasteiger partial charge in [0.05, 0.1) is 4.88 Å². The number of nitrogens with one attached hydrogen (secondary N) is 2. The lowest BCUT2D eigenvalue weighted by atomic mass is 10.1. The van der Waals surface area contributed by atoms with Gasteiger partial charge in [0.2, 0.25) is 5.91 Å². The molecular weight excluding hydrogens is 424 g/mol. The van der Waals surface area contributed by atoms with Gasteiger partial charge in [-0.1, -0.05) is 34.1 Å². The highest BCUT2D eigenvalue weighted by atomic mass is 79.9. The van der Waals surface area contributed by atoms with Crippen LogP contribution in [0, 0.1) is 5.92 Å². The Hall–Kier alpha value is -2.44. The van der Waals surface area contributed by atoms with E-state index in [-0.39, 0.29) is 23.7 Å². The number of hydrogen-bond donors (Lipinski definition) is 2. The van der Waals surface area contributed by atoms with Crippen molar-refractivity contribution in [2.75, 3.05) is 10.6 Å². The van der Waals surface area contributed by atoms with Gasteiger partial charge in [0.1, 0.15) is 0 Å². The summed E-state index contributed by atoms with van der Waals surface area (Å²) in [6.07, 6.45) is 0.872. The van der Waals surface area contributed by atoms with Crippen molar-refractivity contribution in [2.24, 2.45) is 5.92 Å². The van der Waals surface area contributed by atoms with Crippen LogP contribution >= 0.6 is 27.3 Å². The van der Waals surface area contributed by atoms with E-state index in [1.807, 2.05) is 23.6 Å². The molecule has 2 aromatic carbocycles. The van der Waals surface area contributed by atoms with Crippen LogP contribution in [0.25, 0.3) is 0 Å². The van der Waals surface area contributed by atoms with Crippen molar-refractivity contribution in [1.29, 1.82) is 0 Å². The Kier molecular flexibility index (Phi) is 5.09. The minimum Gasteiger partial charge on any atom is -0.326 e. The Balaban J connectivity index is 1.33. The van der Waals surface area contributed by atoms with Crippen LogP contribution in [0.3, 0.4) is 0 Å². The van der Waals surface area contributed by atoms with E-state index >= 15 is 0 Å². The Morgan fingerprint density at radius 1 is 0.963 bits per heavy atom. The number of rotatable bonds is 5. The molecule has 2 amide bonds. The molecule has 2 unspecified atom stereocenters. The van der Waals surface area contributed by atoms with Crippen LogP contribution in [-0.4, -0.2) is 11.8 Å². The van der Waals surface area contributed by atoms with E-state index in [2.05, 4.69) is 38.7 Å². The van der Waals surface area contributed by atoms with E-state index in [9.17, 15) is 9.59 Å². The van der Waals surface area contributed by atoms with Gasteiger partial charge in [-0.05, 0) is 65.7 Å². The monoisotopic (exact) mass is 440 g/mol. The van der Waals surface area contributed by atoms with Gasteiger partial charge < -0.3 is 10.6 Å². The van der Waals surface area contributed by atoms with Crippen LogP contribution in [-0.2, 0) is 4.79 Å². The highest BCUT2D eigenvalue weighted by molar-refractivity contribution is 9.10. The zero-order valence-corrected chi connectivity index (χ0v) is 16.7. The van der Waals surface area contributed by atoms with Gasteiger partial charge >= 0.3 is 0 Å². The summed E-state index contributed by atoms with van der Waals surface area (Å²) in [6.45, 7) is 0. The Morgan fingerprint density at radius 3 is 2.37 bits per heavy atom. The molecule has 1 aliphatic rings. The fraction of sp³-hybridized carbons (Fsp3) is 0.143. The lowest BCUT2D eigenvalue weighted by Gasteiger charge is -2.08. The molecular formula is C21H17BrN2O2S. The molecule has 136 valence electrons. The van der Waals surface area contributed by atoms with Gasteiger partial charge in [-0.3, -0.25) is 9.59 Å². The van der Waals surface area contributed by atoms with Gasteiger partial charge in [-0.15, -0.1) is 11.3 Å². The molecule has 4 rings (SSSR count). The summed E-state index contributed by atoms with van der Waals surface area (Å²) in [5.74, 6) is 0.205. The maximum atomic E-state index is 12.5. The van der Waals surface area contributed by atoms with Gasteiger partial charge in [0, 0.05) is 21.8 Å². The minimum atomic E-state index is -0.128. The summed E-state index contributed by atoms with van der Waals surface area (Å²) < 4.78 is 1.03. The van der Waals surface area contributed by atoms with Crippen LogP contribution in [0.5, 0.6) is 0 Å². The van der Waals surface area contributed by atoms with Crippen molar-refractivity contribution in [2.45, 2.75) is 12.3 Å². The normalized spacial score (nSPS) is 18.0. The first-order valence-electron chi connectivity index (χ1n) is 8.61. The molecule has 27 heavy (non-hydrogen) atoms. The summed E-state index contributed by atoms with van der Waals surface area (Å²) >= 11 is 4.87. The zero-order valence-electron chi connectivity index (χ0n) is 14.3. The first kappa shape index (κ1) is 17.9. The third-order valence-electron chi connectivity index (χ3n) is 4.56. The molecule has 1 aliphatic carbocycles. The van der Waals surface area contributed by atoms with Crippen molar-refractivity contribution in [1.82, 2.24) is 0 Å². The molecule has 3 aromatic rings. The fourth-order valence-electron chi connectivity index (χ4n) is 3.06. The molecule has 2 N–H and O–H groups in total. The molecule has 0 spiro atoms. The first-order valence-corrected chi connectivity index (χ1v) is 10.3. The van der Waals surface area contributed by atoms with Crippen LogP contribution in [0.4, 0.5) is 11.4 Å². The molecule has 1 fully saturated rings. The number of amides is 2. The van der Waals surface area contributed by atoms with Crippen molar-refractivity contribution in [3.8, 4) is 0 Å². The number of carbonyl (C=O) groups excluding carboxylic acids is 2. The molecule has 0 radical (unpaired) electrons. The minimum absolute atomic E-state index is 0.0116. The summed E-state index contributed by atoms with van der Waals surface area (Å²) in [6, 6.07) is 18.9. The maximum absolute atomic E-state index is 12.5. The van der Waals surface area contributed by atoms with E-state index in [0.29, 0.717) is 10.6 Å². The van der Waals surface area contributed by atoms with Gasteiger partial charge in [0.15, 0.2) is 0 Å². The Morgan fingerprint density at radius 2 is 1.70 bits per heavy atom. The SMILES string of the molecule is O=C(Nc1ccc(NC(=O)C2CC2c2cccc(Br)c2)cc1)c1cccs1. The van der Waals surface area contributed by atoms with Crippen molar-refractivity contribution in [3.05, 3.63) is 81.0 Å². The van der Waals surface area contributed by atoms with E-state index in [1.54, 1.807) is 30.3 Å². The molecule has 1 aromatic heterocycles. The topological polar surface area (TPSA) is 58.2 Å². The molecule has 4 nitrogen and oxygen atoms in total. The molecule has 6 heteroatoms. The highest BCUT2D eigenvalue weighted by Crippen LogP contribution is 2.48. The smallest absolute Gasteiger partial charge is 0.265 e. The molecule has 0 bridgehead atoms. The number of hydrogen-bond acceptors (Lipinski definition) is 3. The number of anilines is 2. The van der Waals surface area contributed by atoms with Crippen LogP contribution in [0.15, 0.2) is 70.5 Å². The number of carbonyl (C=O) groups is 2. The number of thiophene rings is 1. The van der Waals surface area contributed by atoms with Crippen molar-refractivity contribution in [3.63, 3.8) is 0 Å². The molecule has 0 saturated heterocycles. The highest BCUT2D eigenvalue weighted by Gasteiger charge is 2.43. The maximum Gasteiger partial charge on any atom is 0.265 e. The number of halogens is 1. The van der Waals surface area contributed by atoms with Gasteiger partial charge in [-0.25, -0.2) is 0 Å². The van der Waals surface area contributed by atoms with E-state index in [1.165, 1.54) is 16.9 Å². The molecule has 2 atom stereocenters. The summed E-state index contributed by atoms with van der Waals surface area (Å²) in [5, 5.41) is 7.68.